The molecule has 0 aliphatic carbocycles. The molecular formula is C18H14N6O. The van der Waals surface area contributed by atoms with Crippen LogP contribution in [0.4, 0.5) is 5.69 Å². The minimum Gasteiger partial charge on any atom is -0.322 e. The van der Waals surface area contributed by atoms with E-state index >= 15 is 0 Å². The lowest BCUT2D eigenvalue weighted by Crippen LogP contribution is -2.15. The third-order valence-corrected chi connectivity index (χ3v) is 3.69. The third kappa shape index (κ3) is 3.02. The Morgan fingerprint density at radius 1 is 0.960 bits per heavy atom. The van der Waals surface area contributed by atoms with Gasteiger partial charge in [0.05, 0.1) is 16.9 Å². The summed E-state index contributed by atoms with van der Waals surface area (Å²) in [5.74, 6) is -0.219. The molecule has 2 aromatic carbocycles. The van der Waals surface area contributed by atoms with Gasteiger partial charge in [0.25, 0.3) is 5.91 Å². The minimum atomic E-state index is -0.219. The average Bonchev–Trinajstić information content (AvgIpc) is 3.36. The molecule has 2 aromatic heterocycles. The molecule has 0 spiro atoms. The van der Waals surface area contributed by atoms with Crippen LogP contribution < -0.4 is 5.32 Å². The van der Waals surface area contributed by atoms with E-state index in [1.807, 2.05) is 54.7 Å². The van der Waals surface area contributed by atoms with Crippen molar-refractivity contribution < 1.29 is 4.79 Å². The van der Waals surface area contributed by atoms with Gasteiger partial charge in [-0.3, -0.25) is 4.79 Å². The van der Waals surface area contributed by atoms with Crippen LogP contribution in [-0.4, -0.2) is 30.5 Å². The number of nitrogens with zero attached hydrogens (tertiary/aromatic N) is 5. The van der Waals surface area contributed by atoms with Crippen molar-refractivity contribution in [2.75, 3.05) is 5.32 Å². The first-order valence-electron chi connectivity index (χ1n) is 7.67. The van der Waals surface area contributed by atoms with Crippen molar-refractivity contribution in [3.63, 3.8) is 0 Å². The molecule has 7 heteroatoms. The highest BCUT2D eigenvalue weighted by Crippen LogP contribution is 2.18. The van der Waals surface area contributed by atoms with Crippen LogP contribution in [0.25, 0.3) is 11.4 Å². The Morgan fingerprint density at radius 2 is 1.88 bits per heavy atom. The maximum absolute atomic E-state index is 12.7. The number of hydrogen-bond donors (Lipinski definition) is 1. The monoisotopic (exact) mass is 330 g/mol. The fourth-order valence-electron chi connectivity index (χ4n) is 2.54. The van der Waals surface area contributed by atoms with Gasteiger partial charge in [0.15, 0.2) is 0 Å². The highest BCUT2D eigenvalue weighted by atomic mass is 16.1. The van der Waals surface area contributed by atoms with Gasteiger partial charge in [-0.2, -0.15) is 10.2 Å². The van der Waals surface area contributed by atoms with Gasteiger partial charge in [-0.1, -0.05) is 18.2 Å². The maximum Gasteiger partial charge on any atom is 0.257 e. The molecule has 7 nitrogen and oxygen atoms in total. The van der Waals surface area contributed by atoms with Crippen LogP contribution in [0, 0.1) is 0 Å². The zero-order valence-corrected chi connectivity index (χ0v) is 13.1. The summed E-state index contributed by atoms with van der Waals surface area (Å²) in [6.45, 7) is 0. The second-order valence-corrected chi connectivity index (χ2v) is 5.31. The second kappa shape index (κ2) is 6.40. The number of carbonyl (C=O) groups excluding carboxylic acids is 1. The van der Waals surface area contributed by atoms with Crippen molar-refractivity contribution in [1.29, 1.82) is 0 Å². The maximum atomic E-state index is 12.7. The molecule has 0 aliphatic rings. The van der Waals surface area contributed by atoms with Gasteiger partial charge in [-0.05, 0) is 36.4 Å². The number of hydrogen-bond acceptors (Lipinski definition) is 4. The fraction of sp³-hybridized carbons (Fsp3) is 0. The first-order valence-corrected chi connectivity index (χ1v) is 7.67. The lowest BCUT2D eigenvalue weighted by molar-refractivity contribution is 0.102. The molecule has 0 aliphatic heterocycles. The van der Waals surface area contributed by atoms with Crippen LogP contribution in [0.3, 0.4) is 0 Å². The van der Waals surface area contributed by atoms with Crippen LogP contribution in [0.15, 0.2) is 79.6 Å². The Kier molecular flexibility index (Phi) is 3.80. The van der Waals surface area contributed by atoms with Crippen molar-refractivity contribution in [3.8, 4) is 11.4 Å². The minimum absolute atomic E-state index is 0.219. The van der Waals surface area contributed by atoms with E-state index in [4.69, 9.17) is 0 Å². The number of anilines is 1. The number of rotatable bonds is 4. The number of amides is 1. The summed E-state index contributed by atoms with van der Waals surface area (Å²) in [6.07, 6.45) is 6.55. The molecule has 0 atom stereocenters. The molecule has 0 bridgehead atoms. The Bertz CT molecular complexity index is 992. The molecule has 0 unspecified atom stereocenters. The Balaban J connectivity index is 1.63. The van der Waals surface area contributed by atoms with Gasteiger partial charge in [-0.25, -0.2) is 14.3 Å². The van der Waals surface area contributed by atoms with Gasteiger partial charge in [0, 0.05) is 18.1 Å². The van der Waals surface area contributed by atoms with E-state index in [-0.39, 0.29) is 5.91 Å². The van der Waals surface area contributed by atoms with Gasteiger partial charge >= 0.3 is 0 Å². The van der Waals surface area contributed by atoms with E-state index < -0.39 is 0 Å². The smallest absolute Gasteiger partial charge is 0.257 e. The summed E-state index contributed by atoms with van der Waals surface area (Å²) < 4.78 is 3.30. The van der Waals surface area contributed by atoms with E-state index in [0.717, 1.165) is 5.69 Å². The summed E-state index contributed by atoms with van der Waals surface area (Å²) >= 11 is 0. The zero-order chi connectivity index (χ0) is 17.1. The number of nitrogens with one attached hydrogen (secondary N) is 1. The molecule has 122 valence electrons. The molecule has 25 heavy (non-hydrogen) atoms. The molecule has 4 aromatic rings. The van der Waals surface area contributed by atoms with Crippen molar-refractivity contribution >= 4 is 11.6 Å². The summed E-state index contributed by atoms with van der Waals surface area (Å²) in [7, 11) is 0. The van der Waals surface area contributed by atoms with Crippen LogP contribution in [0.1, 0.15) is 10.4 Å². The van der Waals surface area contributed by atoms with Crippen LogP contribution >= 0.6 is 0 Å². The van der Waals surface area contributed by atoms with Gasteiger partial charge in [0.1, 0.15) is 12.7 Å². The van der Waals surface area contributed by atoms with Crippen molar-refractivity contribution in [2.45, 2.75) is 0 Å². The molecular weight excluding hydrogens is 316 g/mol. The van der Waals surface area contributed by atoms with Crippen molar-refractivity contribution in [3.05, 3.63) is 85.2 Å². The standard InChI is InChI=1S/C18H14N6O/c25-18(16-7-1-2-8-17(16)24-13-19-12-21-24)22-14-5-3-6-15(11-14)23-10-4-9-20-23/h1-13H,(H,22,25). The third-order valence-electron chi connectivity index (χ3n) is 3.69. The Morgan fingerprint density at radius 3 is 2.68 bits per heavy atom. The normalized spacial score (nSPS) is 10.6. The predicted octanol–water partition coefficient (Wildman–Crippen LogP) is 2.71. The largest absolute Gasteiger partial charge is 0.322 e. The molecule has 0 saturated carbocycles. The van der Waals surface area contributed by atoms with Crippen LogP contribution in [-0.2, 0) is 0 Å². The summed E-state index contributed by atoms with van der Waals surface area (Å²) in [5.41, 5.74) is 2.73. The Labute approximate surface area is 143 Å². The lowest BCUT2D eigenvalue weighted by Gasteiger charge is -2.11. The van der Waals surface area contributed by atoms with Gasteiger partial charge in [0.2, 0.25) is 0 Å². The molecule has 1 N–H and O–H groups in total. The van der Waals surface area contributed by atoms with Crippen LogP contribution in [0.5, 0.6) is 0 Å². The predicted molar refractivity (Wildman–Crippen MR) is 92.9 cm³/mol. The zero-order valence-electron chi connectivity index (χ0n) is 13.1. The van der Waals surface area contributed by atoms with E-state index in [2.05, 4.69) is 20.5 Å². The first kappa shape index (κ1) is 14.8. The van der Waals surface area contributed by atoms with Crippen LogP contribution in [0.2, 0.25) is 0 Å². The highest BCUT2D eigenvalue weighted by molar-refractivity contribution is 6.06. The number of aromatic nitrogens is 5. The van der Waals surface area contributed by atoms with Gasteiger partial charge in [-0.15, -0.1) is 0 Å². The highest BCUT2D eigenvalue weighted by Gasteiger charge is 2.13. The SMILES string of the molecule is O=C(Nc1cccc(-n2cccn2)c1)c1ccccc1-n1cncn1. The quantitative estimate of drug-likeness (QED) is 0.624. The summed E-state index contributed by atoms with van der Waals surface area (Å²) in [5, 5.41) is 11.2. The molecule has 2 heterocycles. The first-order chi connectivity index (χ1) is 12.3. The summed E-state index contributed by atoms with van der Waals surface area (Å²) in [4.78, 5) is 16.7. The fourth-order valence-corrected chi connectivity index (χ4v) is 2.54. The molecule has 1 amide bonds. The molecule has 4 rings (SSSR count). The molecule has 0 saturated heterocycles. The van der Waals surface area contributed by atoms with Crippen molar-refractivity contribution in [1.82, 2.24) is 24.5 Å². The number of benzene rings is 2. The molecule has 0 fully saturated rings. The number of carbonyl (C=O) groups is 1. The lowest BCUT2D eigenvalue weighted by atomic mass is 10.1. The van der Waals surface area contributed by atoms with Gasteiger partial charge < -0.3 is 5.32 Å². The topological polar surface area (TPSA) is 77.6 Å². The molecule has 0 radical (unpaired) electrons. The van der Waals surface area contributed by atoms with E-state index in [1.54, 1.807) is 28.0 Å². The van der Waals surface area contributed by atoms with E-state index in [9.17, 15) is 4.79 Å². The Hall–Kier alpha value is -3.74. The second-order valence-electron chi connectivity index (χ2n) is 5.31. The average molecular weight is 330 g/mol. The summed E-state index contributed by atoms with van der Waals surface area (Å²) in [6, 6.07) is 16.6. The van der Waals surface area contributed by atoms with E-state index in [1.165, 1.54) is 6.33 Å². The van der Waals surface area contributed by atoms with E-state index in [0.29, 0.717) is 16.9 Å². The van der Waals surface area contributed by atoms with Crippen molar-refractivity contribution in [2.24, 2.45) is 0 Å². The number of para-hydroxylation sites is 1.